The number of nitriles is 1. The number of nitrogens with zero attached hydrogens (tertiary/aromatic N) is 1. The number of benzene rings is 1. The van der Waals surface area contributed by atoms with Crippen LogP contribution in [-0.4, -0.2) is 11.7 Å². The van der Waals surface area contributed by atoms with Crippen molar-refractivity contribution in [3.05, 3.63) is 57.3 Å². The van der Waals surface area contributed by atoms with Crippen LogP contribution >= 0.6 is 11.3 Å². The maximum atomic E-state index is 9.94. The van der Waals surface area contributed by atoms with Gasteiger partial charge in [-0.1, -0.05) is 6.07 Å². The van der Waals surface area contributed by atoms with Crippen molar-refractivity contribution in [2.45, 2.75) is 19.6 Å². The molecule has 0 aliphatic rings. The highest BCUT2D eigenvalue weighted by molar-refractivity contribution is 7.07. The number of hydrogen-bond donors (Lipinski definition) is 2. The number of nitrogens with one attached hydrogen (secondary N) is 1. The lowest BCUT2D eigenvalue weighted by molar-refractivity contribution is 0.175. The lowest BCUT2D eigenvalue weighted by Gasteiger charge is -2.12. The molecule has 0 amide bonds. The maximum Gasteiger partial charge on any atom is 0.0991 e. The Hall–Kier alpha value is -1.67. The Kier molecular flexibility index (Phi) is 4.69. The number of hydrogen-bond acceptors (Lipinski definition) is 4. The SMILES string of the molecule is Cc1cc(C#N)ccc1CNCC(O)c1ccsc1. The molecule has 0 aliphatic heterocycles. The molecular weight excluding hydrogens is 256 g/mol. The molecule has 1 aromatic carbocycles. The van der Waals surface area contributed by atoms with Gasteiger partial charge in [-0.2, -0.15) is 16.6 Å². The Morgan fingerprint density at radius 1 is 1.42 bits per heavy atom. The molecule has 0 saturated carbocycles. The van der Waals surface area contributed by atoms with Crippen LogP contribution in [0.5, 0.6) is 0 Å². The Balaban J connectivity index is 1.88. The molecule has 0 fully saturated rings. The molecule has 0 bridgehead atoms. The molecule has 0 spiro atoms. The van der Waals surface area contributed by atoms with Gasteiger partial charge in [0.15, 0.2) is 0 Å². The summed E-state index contributed by atoms with van der Waals surface area (Å²) < 4.78 is 0. The van der Waals surface area contributed by atoms with E-state index < -0.39 is 6.10 Å². The topological polar surface area (TPSA) is 56.0 Å². The number of thiophene rings is 1. The van der Waals surface area contributed by atoms with Crippen LogP contribution in [0.1, 0.15) is 28.4 Å². The third-order valence-corrected chi connectivity index (χ3v) is 3.75. The van der Waals surface area contributed by atoms with E-state index in [0.29, 0.717) is 18.7 Å². The van der Waals surface area contributed by atoms with Gasteiger partial charge in [0.1, 0.15) is 0 Å². The zero-order valence-electron chi connectivity index (χ0n) is 10.8. The van der Waals surface area contributed by atoms with Crippen molar-refractivity contribution in [3.8, 4) is 6.07 Å². The summed E-state index contributed by atoms with van der Waals surface area (Å²) in [7, 11) is 0. The fraction of sp³-hybridized carbons (Fsp3) is 0.267. The van der Waals surface area contributed by atoms with Crippen LogP contribution < -0.4 is 5.32 Å². The average Bonchev–Trinajstić information content (AvgIpc) is 2.94. The van der Waals surface area contributed by atoms with Crippen LogP contribution in [0.4, 0.5) is 0 Å². The van der Waals surface area contributed by atoms with Crippen molar-refractivity contribution < 1.29 is 5.11 Å². The van der Waals surface area contributed by atoms with Crippen molar-refractivity contribution in [1.29, 1.82) is 5.26 Å². The predicted molar refractivity (Wildman–Crippen MR) is 76.9 cm³/mol. The minimum Gasteiger partial charge on any atom is -0.387 e. The molecule has 2 rings (SSSR count). The Labute approximate surface area is 117 Å². The minimum atomic E-state index is -0.468. The molecule has 0 radical (unpaired) electrons. The number of rotatable bonds is 5. The highest BCUT2D eigenvalue weighted by Gasteiger charge is 2.07. The molecule has 3 nitrogen and oxygen atoms in total. The molecule has 4 heteroatoms. The summed E-state index contributed by atoms with van der Waals surface area (Å²) in [5, 5.41) is 25.9. The van der Waals surface area contributed by atoms with Crippen LogP contribution in [0.2, 0.25) is 0 Å². The first-order valence-corrected chi connectivity index (χ1v) is 7.05. The Bertz CT molecular complexity index is 572. The Morgan fingerprint density at radius 3 is 2.89 bits per heavy atom. The standard InChI is InChI=1S/C15H16N2OS/c1-11-6-12(7-16)2-3-13(11)8-17-9-15(18)14-4-5-19-10-14/h2-6,10,15,17-18H,8-9H2,1H3. The van der Waals surface area contributed by atoms with Crippen LogP contribution in [0.15, 0.2) is 35.0 Å². The second-order valence-corrected chi connectivity index (χ2v) is 5.24. The molecular formula is C15H16N2OS. The van der Waals surface area contributed by atoms with E-state index in [9.17, 15) is 5.11 Å². The summed E-state index contributed by atoms with van der Waals surface area (Å²) in [6, 6.07) is 9.72. The third kappa shape index (κ3) is 3.65. The van der Waals surface area contributed by atoms with E-state index >= 15 is 0 Å². The molecule has 2 N–H and O–H groups in total. The first kappa shape index (κ1) is 13.8. The largest absolute Gasteiger partial charge is 0.387 e. The van der Waals surface area contributed by atoms with Crippen molar-refractivity contribution in [2.24, 2.45) is 0 Å². The first-order chi connectivity index (χ1) is 9.20. The van der Waals surface area contributed by atoms with Crippen LogP contribution in [0.25, 0.3) is 0 Å². The number of aryl methyl sites for hydroxylation is 1. The maximum absolute atomic E-state index is 9.94. The molecule has 1 aromatic heterocycles. The minimum absolute atomic E-state index is 0.468. The molecule has 19 heavy (non-hydrogen) atoms. The van der Waals surface area contributed by atoms with Crippen molar-refractivity contribution in [2.75, 3.05) is 6.54 Å². The fourth-order valence-corrected chi connectivity index (χ4v) is 2.60. The highest BCUT2D eigenvalue weighted by Crippen LogP contribution is 2.16. The quantitative estimate of drug-likeness (QED) is 0.880. The van der Waals surface area contributed by atoms with Gasteiger partial charge in [0.2, 0.25) is 0 Å². The van der Waals surface area contributed by atoms with Gasteiger partial charge in [-0.15, -0.1) is 0 Å². The average molecular weight is 272 g/mol. The van der Waals surface area contributed by atoms with Gasteiger partial charge >= 0.3 is 0 Å². The van der Waals surface area contributed by atoms with Crippen molar-refractivity contribution in [1.82, 2.24) is 5.32 Å². The molecule has 2 aromatic rings. The number of aliphatic hydroxyl groups excluding tert-OH is 1. The van der Waals surface area contributed by atoms with E-state index in [4.69, 9.17) is 5.26 Å². The van der Waals surface area contributed by atoms with Crippen LogP contribution in [-0.2, 0) is 6.54 Å². The normalized spacial score (nSPS) is 12.1. The van der Waals surface area contributed by atoms with Gasteiger partial charge in [-0.25, -0.2) is 0 Å². The van der Waals surface area contributed by atoms with Gasteiger partial charge in [0, 0.05) is 13.1 Å². The second kappa shape index (κ2) is 6.48. The third-order valence-electron chi connectivity index (χ3n) is 3.05. The lowest BCUT2D eigenvalue weighted by atomic mass is 10.1. The van der Waals surface area contributed by atoms with E-state index in [1.54, 1.807) is 11.3 Å². The van der Waals surface area contributed by atoms with Gasteiger partial charge in [0.05, 0.1) is 17.7 Å². The van der Waals surface area contributed by atoms with Gasteiger partial charge < -0.3 is 10.4 Å². The number of aliphatic hydroxyl groups is 1. The van der Waals surface area contributed by atoms with Crippen LogP contribution in [0, 0.1) is 18.3 Å². The van der Waals surface area contributed by atoms with E-state index in [2.05, 4.69) is 11.4 Å². The van der Waals surface area contributed by atoms with E-state index in [1.165, 1.54) is 0 Å². The summed E-state index contributed by atoms with van der Waals surface area (Å²) in [5.41, 5.74) is 3.88. The van der Waals surface area contributed by atoms with E-state index in [0.717, 1.165) is 16.7 Å². The molecule has 1 unspecified atom stereocenters. The molecule has 0 aliphatic carbocycles. The Morgan fingerprint density at radius 2 is 2.26 bits per heavy atom. The smallest absolute Gasteiger partial charge is 0.0991 e. The zero-order valence-corrected chi connectivity index (χ0v) is 11.6. The summed E-state index contributed by atoms with van der Waals surface area (Å²) >= 11 is 1.59. The van der Waals surface area contributed by atoms with Crippen molar-refractivity contribution >= 4 is 11.3 Å². The van der Waals surface area contributed by atoms with Crippen molar-refractivity contribution in [3.63, 3.8) is 0 Å². The monoisotopic (exact) mass is 272 g/mol. The molecule has 1 heterocycles. The summed E-state index contributed by atoms with van der Waals surface area (Å²) in [5.74, 6) is 0. The van der Waals surface area contributed by atoms with E-state index in [-0.39, 0.29) is 0 Å². The zero-order chi connectivity index (χ0) is 13.7. The lowest BCUT2D eigenvalue weighted by Crippen LogP contribution is -2.21. The molecule has 1 atom stereocenters. The second-order valence-electron chi connectivity index (χ2n) is 4.46. The van der Waals surface area contributed by atoms with E-state index in [1.807, 2.05) is 41.9 Å². The summed E-state index contributed by atoms with van der Waals surface area (Å²) in [6.45, 7) is 3.21. The van der Waals surface area contributed by atoms with Gasteiger partial charge in [-0.05, 0) is 52.6 Å². The summed E-state index contributed by atoms with van der Waals surface area (Å²) in [6.07, 6.45) is -0.468. The molecule has 98 valence electrons. The van der Waals surface area contributed by atoms with Gasteiger partial charge in [-0.3, -0.25) is 0 Å². The van der Waals surface area contributed by atoms with Gasteiger partial charge in [0.25, 0.3) is 0 Å². The predicted octanol–water partition coefficient (Wildman–Crippen LogP) is 2.75. The molecule has 0 saturated heterocycles. The highest BCUT2D eigenvalue weighted by atomic mass is 32.1. The first-order valence-electron chi connectivity index (χ1n) is 6.11. The van der Waals surface area contributed by atoms with Crippen LogP contribution in [0.3, 0.4) is 0 Å². The summed E-state index contributed by atoms with van der Waals surface area (Å²) in [4.78, 5) is 0. The fourth-order valence-electron chi connectivity index (χ4n) is 1.89.